The highest BCUT2D eigenvalue weighted by Gasteiger charge is 2.10. The first-order valence-electron chi connectivity index (χ1n) is 2.20. The Kier molecular flexibility index (Phi) is 2.44. The van der Waals surface area contributed by atoms with E-state index in [0.717, 1.165) is 6.92 Å². The van der Waals surface area contributed by atoms with Gasteiger partial charge in [0.1, 0.15) is 0 Å². The lowest BCUT2D eigenvalue weighted by Gasteiger charge is -1.87. The number of rotatable bonds is 2. The molecule has 0 aromatic rings. The Hall–Kier alpha value is -1.32. The number of aliphatic imine (C=N–C) groups is 1. The minimum absolute atomic E-state index is 0.590. The summed E-state index contributed by atoms with van der Waals surface area (Å²) in [5, 5.41) is 6.72. The fourth-order valence-corrected chi connectivity index (χ4v) is 0.230. The van der Waals surface area contributed by atoms with Crippen LogP contribution in [0.5, 0.6) is 0 Å². The van der Waals surface area contributed by atoms with Crippen LogP contribution in [0.15, 0.2) is 4.99 Å². The Labute approximate surface area is 52.1 Å². The monoisotopic (exact) mass is 126 g/mol. The maximum Gasteiger partial charge on any atom is 0.297 e. The van der Waals surface area contributed by atoms with Crippen LogP contribution in [0.4, 0.5) is 0 Å². The predicted molar refractivity (Wildman–Crippen MR) is 33.0 cm³/mol. The van der Waals surface area contributed by atoms with E-state index in [1.807, 2.05) is 0 Å². The zero-order chi connectivity index (χ0) is 7.44. The first kappa shape index (κ1) is 7.68. The van der Waals surface area contributed by atoms with Gasteiger partial charge in [0.2, 0.25) is 0 Å². The number of hydrogen-bond acceptors (Lipinski definition) is 3. The number of carbonyl (C=O) groups excluding carboxylic acids is 2. The maximum absolute atomic E-state index is 10.3. The van der Waals surface area contributed by atoms with Crippen LogP contribution in [0, 0.1) is 5.41 Å². The van der Waals surface area contributed by atoms with Gasteiger partial charge in [-0.1, -0.05) is 0 Å². The summed E-state index contributed by atoms with van der Waals surface area (Å²) in [4.78, 5) is 23.4. The van der Waals surface area contributed by atoms with E-state index >= 15 is 0 Å². The SMILES string of the molecule is C=NC(=O)C(=N)C(C)=O. The van der Waals surface area contributed by atoms with Crippen LogP contribution in [-0.4, -0.2) is 24.1 Å². The molecule has 0 saturated heterocycles. The molecule has 0 aromatic carbocycles. The molecule has 1 amide bonds. The van der Waals surface area contributed by atoms with Crippen LogP contribution in [0.2, 0.25) is 0 Å². The van der Waals surface area contributed by atoms with E-state index in [0.29, 0.717) is 0 Å². The van der Waals surface area contributed by atoms with Crippen molar-refractivity contribution in [3.05, 3.63) is 0 Å². The van der Waals surface area contributed by atoms with E-state index in [1.165, 1.54) is 0 Å². The molecule has 0 rings (SSSR count). The Morgan fingerprint density at radius 1 is 1.56 bits per heavy atom. The van der Waals surface area contributed by atoms with Crippen LogP contribution in [0.3, 0.4) is 0 Å². The minimum atomic E-state index is -0.873. The van der Waals surface area contributed by atoms with Gasteiger partial charge in [0.25, 0.3) is 5.91 Å². The van der Waals surface area contributed by atoms with Crippen LogP contribution in [0.25, 0.3) is 0 Å². The molecular weight excluding hydrogens is 120 g/mol. The molecule has 1 N–H and O–H groups in total. The van der Waals surface area contributed by atoms with Crippen molar-refractivity contribution >= 4 is 24.1 Å². The summed E-state index contributed by atoms with van der Waals surface area (Å²) >= 11 is 0. The second-order valence-corrected chi connectivity index (χ2v) is 1.39. The first-order chi connectivity index (χ1) is 4.09. The van der Waals surface area contributed by atoms with E-state index < -0.39 is 17.4 Å². The van der Waals surface area contributed by atoms with Gasteiger partial charge < -0.3 is 0 Å². The summed E-state index contributed by atoms with van der Waals surface area (Å²) in [6.07, 6.45) is 0. The van der Waals surface area contributed by atoms with Crippen molar-refractivity contribution in [3.8, 4) is 0 Å². The standard InChI is InChI=1S/C5H6N2O2/c1-3(8)4(6)5(9)7-2/h6H,2H2,1H3. The number of hydrogen-bond donors (Lipinski definition) is 1. The highest BCUT2D eigenvalue weighted by Crippen LogP contribution is 1.79. The van der Waals surface area contributed by atoms with E-state index in [1.54, 1.807) is 0 Å². The van der Waals surface area contributed by atoms with Gasteiger partial charge in [-0.05, 0) is 6.72 Å². The Morgan fingerprint density at radius 2 is 2.00 bits per heavy atom. The highest BCUT2D eigenvalue weighted by molar-refractivity contribution is 6.64. The molecule has 4 heteroatoms. The van der Waals surface area contributed by atoms with E-state index in [-0.39, 0.29) is 0 Å². The van der Waals surface area contributed by atoms with Crippen LogP contribution in [0.1, 0.15) is 6.92 Å². The van der Waals surface area contributed by atoms with E-state index in [4.69, 9.17) is 5.41 Å². The highest BCUT2D eigenvalue weighted by atomic mass is 16.2. The molecular formula is C5H6N2O2. The molecule has 9 heavy (non-hydrogen) atoms. The maximum atomic E-state index is 10.3. The molecule has 48 valence electrons. The summed E-state index contributed by atoms with van der Waals surface area (Å²) in [5.74, 6) is -1.46. The average Bonchev–Trinajstić information content (AvgIpc) is 1.84. The van der Waals surface area contributed by atoms with E-state index in [9.17, 15) is 9.59 Å². The van der Waals surface area contributed by atoms with Crippen molar-refractivity contribution in [2.45, 2.75) is 6.92 Å². The molecule has 0 fully saturated rings. The van der Waals surface area contributed by atoms with Crippen molar-refractivity contribution in [2.75, 3.05) is 0 Å². The predicted octanol–water partition coefficient (Wildman–Crippen LogP) is -0.178. The minimum Gasteiger partial charge on any atom is -0.293 e. The van der Waals surface area contributed by atoms with Crippen molar-refractivity contribution in [2.24, 2.45) is 4.99 Å². The van der Waals surface area contributed by atoms with Crippen LogP contribution < -0.4 is 0 Å². The zero-order valence-corrected chi connectivity index (χ0v) is 4.97. The van der Waals surface area contributed by atoms with Crippen LogP contribution in [-0.2, 0) is 9.59 Å². The number of nitrogens with zero attached hydrogens (tertiary/aromatic N) is 1. The molecule has 0 aliphatic rings. The summed E-state index contributed by atoms with van der Waals surface area (Å²) < 4.78 is 0. The van der Waals surface area contributed by atoms with Gasteiger partial charge in [-0.25, -0.2) is 4.99 Å². The molecule has 0 aromatic heterocycles. The van der Waals surface area contributed by atoms with E-state index in [2.05, 4.69) is 11.7 Å². The van der Waals surface area contributed by atoms with Crippen LogP contribution >= 0.6 is 0 Å². The molecule has 0 aliphatic carbocycles. The summed E-state index contributed by atoms with van der Waals surface area (Å²) in [7, 11) is 0. The van der Waals surface area contributed by atoms with Gasteiger partial charge in [0.15, 0.2) is 11.5 Å². The molecule has 0 atom stereocenters. The first-order valence-corrected chi connectivity index (χ1v) is 2.20. The molecule has 0 spiro atoms. The second-order valence-electron chi connectivity index (χ2n) is 1.39. The third kappa shape index (κ3) is 1.94. The van der Waals surface area contributed by atoms with Gasteiger partial charge in [-0.3, -0.25) is 15.0 Å². The largest absolute Gasteiger partial charge is 0.297 e. The van der Waals surface area contributed by atoms with Gasteiger partial charge in [0.05, 0.1) is 0 Å². The fourth-order valence-electron chi connectivity index (χ4n) is 0.230. The lowest BCUT2D eigenvalue weighted by Crippen LogP contribution is -2.17. The van der Waals surface area contributed by atoms with Gasteiger partial charge >= 0.3 is 0 Å². The topological polar surface area (TPSA) is 70.3 Å². The quantitative estimate of drug-likeness (QED) is 0.412. The molecule has 4 nitrogen and oxygen atoms in total. The number of Topliss-reactive ketones (excluding diaryl/α,β-unsaturated/α-hetero) is 1. The molecule has 0 unspecified atom stereocenters. The normalized spacial score (nSPS) is 8.11. The lowest BCUT2D eigenvalue weighted by atomic mass is 10.3. The lowest BCUT2D eigenvalue weighted by molar-refractivity contribution is -0.115. The Morgan fingerprint density at radius 3 is 2.11 bits per heavy atom. The van der Waals surface area contributed by atoms with Crippen molar-refractivity contribution in [3.63, 3.8) is 0 Å². The van der Waals surface area contributed by atoms with Crippen molar-refractivity contribution in [1.29, 1.82) is 5.41 Å². The smallest absolute Gasteiger partial charge is 0.293 e. The summed E-state index contributed by atoms with van der Waals surface area (Å²) in [5.41, 5.74) is -0.620. The van der Waals surface area contributed by atoms with Crippen molar-refractivity contribution < 1.29 is 9.59 Å². The number of nitrogens with one attached hydrogen (secondary N) is 1. The average molecular weight is 126 g/mol. The Balaban J connectivity index is 4.22. The van der Waals surface area contributed by atoms with Crippen molar-refractivity contribution in [1.82, 2.24) is 0 Å². The third-order valence-corrected chi connectivity index (χ3v) is 0.710. The molecule has 0 bridgehead atoms. The molecule has 0 heterocycles. The molecule has 0 radical (unpaired) electrons. The number of amides is 1. The second kappa shape index (κ2) is 2.86. The zero-order valence-electron chi connectivity index (χ0n) is 4.97. The molecule has 0 saturated carbocycles. The third-order valence-electron chi connectivity index (χ3n) is 0.710. The van der Waals surface area contributed by atoms with Gasteiger partial charge in [-0.15, -0.1) is 0 Å². The molecule has 0 aliphatic heterocycles. The number of ketones is 1. The van der Waals surface area contributed by atoms with Gasteiger partial charge in [0, 0.05) is 6.92 Å². The van der Waals surface area contributed by atoms with Gasteiger partial charge in [-0.2, -0.15) is 0 Å². The fraction of sp³-hybridized carbons (Fsp3) is 0.200. The summed E-state index contributed by atoms with van der Waals surface area (Å²) in [6.45, 7) is 4.00. The Bertz CT molecular complexity index is 183. The summed E-state index contributed by atoms with van der Waals surface area (Å²) in [6, 6.07) is 0. The number of carbonyl (C=O) groups is 2.